The lowest BCUT2D eigenvalue weighted by Gasteiger charge is -2.60. The highest BCUT2D eigenvalue weighted by atomic mass is 35.5. The highest BCUT2D eigenvalue weighted by Gasteiger charge is 2.64. The van der Waals surface area contributed by atoms with Gasteiger partial charge in [0.25, 0.3) is 0 Å². The number of fused-ring (bicyclic) bond motifs is 10. The third-order valence-electron chi connectivity index (χ3n) is 17.7. The SMILES string of the molecule is CC1=CC(=O)OC2CC3OC4C[C@@H](C)C5OC6CC7O[C@@]8(C)C/C=C\C9OC%10CC%11O[C@H](CC(=O)CCl)C[C@H](O)[C@]%11(C)O[C@@H]%10C[C@@H]9O[C@@H]8C[C@]7(C)O[C@]6(C)CC[C@@H]5O[C@@H]4C[C@]3(C)O[C@H]12. The fourth-order valence-corrected chi connectivity index (χ4v) is 14.1. The molecule has 9 unspecified atom stereocenters. The topological polar surface area (TPSA) is 156 Å². The molecule has 0 bridgehead atoms. The van der Waals surface area contributed by atoms with E-state index in [4.69, 9.17) is 63.7 Å². The van der Waals surface area contributed by atoms with Crippen LogP contribution in [-0.2, 0) is 61.7 Å². The van der Waals surface area contributed by atoms with Crippen molar-refractivity contribution < 1.29 is 66.8 Å². The highest BCUT2D eigenvalue weighted by Crippen LogP contribution is 2.55. The Labute approximate surface area is 381 Å². The molecule has 356 valence electrons. The van der Waals surface area contributed by atoms with Gasteiger partial charge in [0.05, 0.1) is 114 Å². The molecule has 9 fully saturated rings. The van der Waals surface area contributed by atoms with Gasteiger partial charge in [0.15, 0.2) is 0 Å². The lowest BCUT2D eigenvalue weighted by Crippen LogP contribution is -2.70. The predicted molar refractivity (Wildman–Crippen MR) is 229 cm³/mol. The Hall–Kier alpha value is -1.53. The van der Waals surface area contributed by atoms with Gasteiger partial charge >= 0.3 is 5.97 Å². The fourth-order valence-electron chi connectivity index (χ4n) is 14.0. The van der Waals surface area contributed by atoms with Crippen LogP contribution in [0.15, 0.2) is 23.8 Å². The van der Waals surface area contributed by atoms with Gasteiger partial charge in [-0.1, -0.05) is 19.1 Å². The quantitative estimate of drug-likeness (QED) is 0.215. The summed E-state index contributed by atoms with van der Waals surface area (Å²) in [4.78, 5) is 24.4. The molecule has 0 saturated carbocycles. The van der Waals surface area contributed by atoms with Crippen LogP contribution in [0.5, 0.6) is 0 Å². The maximum Gasteiger partial charge on any atom is 0.331 e. The Bertz CT molecular complexity index is 1910. The van der Waals surface area contributed by atoms with E-state index in [-0.39, 0.29) is 115 Å². The van der Waals surface area contributed by atoms with Gasteiger partial charge in [-0.15, -0.1) is 11.6 Å². The van der Waals surface area contributed by atoms with Crippen molar-refractivity contribution in [2.45, 2.75) is 257 Å². The van der Waals surface area contributed by atoms with Crippen LogP contribution in [0.25, 0.3) is 0 Å². The number of rotatable bonds is 3. The third kappa shape index (κ3) is 7.54. The van der Waals surface area contributed by atoms with Gasteiger partial charge in [-0.05, 0) is 78.7 Å². The first-order valence-electron chi connectivity index (χ1n) is 24.3. The number of aliphatic hydroxyl groups is 1. The van der Waals surface area contributed by atoms with Gasteiger partial charge in [-0.2, -0.15) is 0 Å². The van der Waals surface area contributed by atoms with Crippen LogP contribution in [0.4, 0.5) is 0 Å². The molecule has 64 heavy (non-hydrogen) atoms. The normalized spacial score (nSPS) is 57.0. The minimum Gasteiger partial charge on any atom is -0.456 e. The number of ether oxygens (including phenoxy) is 11. The smallest absolute Gasteiger partial charge is 0.331 e. The van der Waals surface area contributed by atoms with E-state index in [1.807, 2.05) is 13.8 Å². The second kappa shape index (κ2) is 16.0. The van der Waals surface area contributed by atoms with E-state index in [1.54, 1.807) is 6.08 Å². The Balaban J connectivity index is 0.776. The summed E-state index contributed by atoms with van der Waals surface area (Å²) in [5.41, 5.74) is -2.46. The average Bonchev–Trinajstić information content (AvgIpc) is 3.43. The molecule has 0 aliphatic carbocycles. The molecule has 1 N–H and O–H groups in total. The first-order chi connectivity index (χ1) is 30.4. The number of alkyl halides is 1. The van der Waals surface area contributed by atoms with Crippen molar-refractivity contribution in [1.29, 1.82) is 0 Å². The number of carbonyl (C=O) groups excluding carboxylic acids is 2. The van der Waals surface area contributed by atoms with Crippen LogP contribution < -0.4 is 0 Å². The molecule has 15 heteroatoms. The minimum absolute atomic E-state index is 0.0731. The van der Waals surface area contributed by atoms with Gasteiger partial charge in [0.2, 0.25) is 0 Å². The van der Waals surface area contributed by atoms with Crippen LogP contribution >= 0.6 is 11.6 Å². The van der Waals surface area contributed by atoms with Crippen LogP contribution in [0, 0.1) is 5.92 Å². The molecular weight excluding hydrogens is 848 g/mol. The van der Waals surface area contributed by atoms with Crippen molar-refractivity contribution in [3.63, 3.8) is 0 Å². The number of ketones is 1. The van der Waals surface area contributed by atoms with Gasteiger partial charge in [0.1, 0.15) is 29.7 Å². The molecule has 11 aliphatic heterocycles. The maximum atomic E-state index is 12.3. The van der Waals surface area contributed by atoms with E-state index in [9.17, 15) is 14.7 Å². The first-order valence-corrected chi connectivity index (χ1v) is 24.9. The van der Waals surface area contributed by atoms with E-state index >= 15 is 0 Å². The lowest BCUT2D eigenvalue weighted by molar-refractivity contribution is -0.356. The number of carbonyl (C=O) groups is 2. The van der Waals surface area contributed by atoms with Crippen LogP contribution in [0.1, 0.15) is 126 Å². The standard InChI is InChI=1S/C49H69ClO14/c1-24-13-30-35(21-47(5)37(57-30)19-34-44(63-47)25(2)14-42(53)59-34)56-29-10-12-46(4)38(60-43(24)29)20-39-48(6,64-46)22-41-45(3,62-39)11-8-9-28-31(58-41)17-33-32(55-28)18-40-49(7,61-33)36(52)16-27(54-40)15-26(51)23-50/h8-9,14,24,27-41,43-44,52H,10-13,15-23H2,1-7H3/b9-8-/t24-,27-,28?,29+,30?,31+,32?,33-,34?,35-,36+,37?,38?,39?,40?,41-,43?,44-,45+,46-,47+,48+,49+/m1/s1. The number of hydrogen-bond acceptors (Lipinski definition) is 14. The zero-order valence-electron chi connectivity index (χ0n) is 38.4. The van der Waals surface area contributed by atoms with Gasteiger partial charge in [0, 0.05) is 57.4 Å². The van der Waals surface area contributed by atoms with Crippen molar-refractivity contribution >= 4 is 23.4 Å². The van der Waals surface area contributed by atoms with Crippen LogP contribution in [0.2, 0.25) is 0 Å². The molecular formula is C49H69ClO14. The maximum absolute atomic E-state index is 12.3. The summed E-state index contributed by atoms with van der Waals surface area (Å²) in [7, 11) is 0. The van der Waals surface area contributed by atoms with Crippen LogP contribution in [0.3, 0.4) is 0 Å². The molecule has 11 heterocycles. The largest absolute Gasteiger partial charge is 0.456 e. The summed E-state index contributed by atoms with van der Waals surface area (Å²) >= 11 is 5.80. The Morgan fingerprint density at radius 1 is 0.719 bits per heavy atom. The fraction of sp³-hybridized carbons (Fsp3) is 0.878. The van der Waals surface area contributed by atoms with Gasteiger partial charge in [-0.3, -0.25) is 4.79 Å². The zero-order valence-corrected chi connectivity index (χ0v) is 39.2. The third-order valence-corrected chi connectivity index (χ3v) is 18.0. The molecule has 0 radical (unpaired) electrons. The number of aliphatic hydroxyl groups excluding tert-OH is 1. The van der Waals surface area contributed by atoms with Crippen LogP contribution in [-0.4, -0.2) is 155 Å². The molecule has 23 atom stereocenters. The minimum atomic E-state index is -0.938. The number of Topliss-reactive ketones (excluding diaryl/α,β-unsaturated/α-hetero) is 1. The van der Waals surface area contributed by atoms with Crippen molar-refractivity contribution in [2.75, 3.05) is 5.88 Å². The molecule has 11 rings (SSSR count). The molecule has 0 spiro atoms. The lowest BCUT2D eigenvalue weighted by atomic mass is 9.72. The molecule has 9 saturated heterocycles. The summed E-state index contributed by atoms with van der Waals surface area (Å²) in [6.45, 7) is 14.8. The molecule has 0 amide bonds. The second-order valence-electron chi connectivity index (χ2n) is 22.6. The van der Waals surface area contributed by atoms with Crippen molar-refractivity contribution in [1.82, 2.24) is 0 Å². The Morgan fingerprint density at radius 3 is 2.30 bits per heavy atom. The van der Waals surface area contributed by atoms with E-state index in [1.165, 1.54) is 0 Å². The molecule has 11 aliphatic rings. The average molecular weight is 918 g/mol. The summed E-state index contributed by atoms with van der Waals surface area (Å²) in [5.74, 6) is -0.321. The van der Waals surface area contributed by atoms with E-state index in [2.05, 4.69) is 46.8 Å². The molecule has 0 aromatic carbocycles. The number of esters is 1. The van der Waals surface area contributed by atoms with Crippen molar-refractivity contribution in [3.8, 4) is 0 Å². The monoisotopic (exact) mass is 916 g/mol. The summed E-state index contributed by atoms with van der Waals surface area (Å²) < 4.78 is 75.5. The Kier molecular flexibility index (Phi) is 11.2. The molecule has 14 nitrogen and oxygen atoms in total. The summed E-state index contributed by atoms with van der Waals surface area (Å²) in [6.07, 6.45) is 8.22. The predicted octanol–water partition coefficient (Wildman–Crippen LogP) is 5.52. The number of halogens is 1. The van der Waals surface area contributed by atoms with Crippen molar-refractivity contribution in [3.05, 3.63) is 23.8 Å². The highest BCUT2D eigenvalue weighted by molar-refractivity contribution is 6.27. The first kappa shape index (κ1) is 44.9. The molecule has 0 aromatic heterocycles. The van der Waals surface area contributed by atoms with Gasteiger partial charge < -0.3 is 57.2 Å². The summed E-state index contributed by atoms with van der Waals surface area (Å²) in [5, 5.41) is 11.4. The van der Waals surface area contributed by atoms with Gasteiger partial charge in [-0.25, -0.2) is 4.79 Å². The Morgan fingerprint density at radius 2 is 1.48 bits per heavy atom. The van der Waals surface area contributed by atoms with E-state index in [0.717, 1.165) is 24.8 Å². The summed E-state index contributed by atoms with van der Waals surface area (Å²) in [6, 6.07) is 0. The zero-order chi connectivity index (χ0) is 44.7. The van der Waals surface area contributed by atoms with E-state index < -0.39 is 46.3 Å². The molecule has 0 aromatic rings. The number of hydrogen-bond donors (Lipinski definition) is 1. The van der Waals surface area contributed by atoms with Crippen molar-refractivity contribution in [2.24, 2.45) is 5.92 Å². The van der Waals surface area contributed by atoms with E-state index in [0.29, 0.717) is 51.4 Å². The second-order valence-corrected chi connectivity index (χ2v) is 22.8.